The van der Waals surface area contributed by atoms with Gasteiger partial charge in [0.15, 0.2) is 11.3 Å². The Hall–Kier alpha value is -2.76. The molecule has 0 radical (unpaired) electrons. The van der Waals surface area contributed by atoms with Gasteiger partial charge in [-0.05, 0) is 38.5 Å². The summed E-state index contributed by atoms with van der Waals surface area (Å²) in [4.78, 5) is 19.3. The van der Waals surface area contributed by atoms with E-state index in [1.807, 2.05) is 6.92 Å². The average molecular weight is 469 g/mol. The van der Waals surface area contributed by atoms with Crippen LogP contribution in [0.5, 0.6) is 5.75 Å². The van der Waals surface area contributed by atoms with Gasteiger partial charge in [-0.25, -0.2) is 17.9 Å². The highest BCUT2D eigenvalue weighted by Crippen LogP contribution is 2.31. The third kappa shape index (κ3) is 4.03. The average Bonchev–Trinajstić information content (AvgIpc) is 3.13. The van der Waals surface area contributed by atoms with Gasteiger partial charge in [0.25, 0.3) is 5.56 Å². The lowest BCUT2D eigenvalue weighted by atomic mass is 10.2. The first-order valence-corrected chi connectivity index (χ1v) is 11.4. The number of aromatic nitrogens is 4. The summed E-state index contributed by atoms with van der Waals surface area (Å²) in [5, 5.41) is 6.06. The third-order valence-electron chi connectivity index (χ3n) is 4.70. The van der Waals surface area contributed by atoms with Gasteiger partial charge in [0.2, 0.25) is 10.0 Å². The van der Waals surface area contributed by atoms with Crippen LogP contribution in [0.4, 0.5) is 0 Å². The Bertz CT molecular complexity index is 1610. The Kier molecular flexibility index (Phi) is 4.05. The quantitative estimate of drug-likeness (QED) is 0.537. The second-order valence-electron chi connectivity index (χ2n) is 6.89. The molecule has 172 valence electrons. The molecule has 0 saturated carbocycles. The smallest absolute Gasteiger partial charge is 0.277 e. The number of nitrogens with zero attached hydrogens (tertiary/aromatic N) is 4. The van der Waals surface area contributed by atoms with Crippen molar-refractivity contribution in [2.24, 2.45) is 0 Å². The summed E-state index contributed by atoms with van der Waals surface area (Å²) in [5.74, 6) is 0.468. The lowest BCUT2D eigenvalue weighted by molar-refractivity contribution is 0.341. The van der Waals surface area contributed by atoms with Gasteiger partial charge >= 0.3 is 0 Å². The maximum atomic E-state index is 13.8. The lowest BCUT2D eigenvalue weighted by Gasteiger charge is -2.26. The topological polar surface area (TPSA) is 122 Å². The van der Waals surface area contributed by atoms with E-state index in [4.69, 9.17) is 15.7 Å². The van der Waals surface area contributed by atoms with Crippen LogP contribution in [0.3, 0.4) is 0 Å². The van der Waals surface area contributed by atoms with Crippen LogP contribution >= 0.6 is 0 Å². The molecule has 32 heavy (non-hydrogen) atoms. The molecule has 0 amide bonds. The highest BCUT2D eigenvalue weighted by atomic mass is 32.2. The van der Waals surface area contributed by atoms with Crippen LogP contribution in [-0.2, 0) is 16.4 Å². The van der Waals surface area contributed by atoms with Crippen LogP contribution in [0, 0.1) is 6.92 Å². The number of fused-ring (bicyclic) bond motifs is 1. The Labute approximate surface area is 197 Å². The van der Waals surface area contributed by atoms with E-state index in [0.717, 1.165) is 12.1 Å². The highest BCUT2D eigenvalue weighted by Gasteiger charge is 2.27. The largest absolute Gasteiger partial charge is 0.493 e. The second kappa shape index (κ2) is 9.00. The van der Waals surface area contributed by atoms with Crippen molar-refractivity contribution in [1.29, 1.82) is 0 Å². The first-order chi connectivity index (χ1) is 18.3. The van der Waals surface area contributed by atoms with Gasteiger partial charge in [-0.2, -0.15) is 4.31 Å². The molecule has 2 aromatic heterocycles. The summed E-state index contributed by atoms with van der Waals surface area (Å²) in [6.45, 7) is -8.42. The number of sulfonamides is 1. The minimum atomic E-state index is -5.28. The fourth-order valence-electron chi connectivity index (χ4n) is 3.32. The van der Waals surface area contributed by atoms with Crippen molar-refractivity contribution >= 4 is 15.5 Å². The van der Waals surface area contributed by atoms with Gasteiger partial charge < -0.3 is 15.0 Å². The Morgan fingerprint density at radius 3 is 2.69 bits per heavy atom. The SMILES string of the molecule is [2H]C1([2H])NC([2H])([2H])C([2H])([2H])N(S(=O)(=O)c2ccc(OCC)c(-c3nn4c(CCC)nc(C)c4c(=O)[nH]3)c2)C1([2H])[2H]. The predicted molar refractivity (Wildman–Crippen MR) is 121 cm³/mol. The van der Waals surface area contributed by atoms with E-state index in [1.165, 1.54) is 10.6 Å². The number of aryl methyl sites for hydroxylation is 2. The highest BCUT2D eigenvalue weighted by molar-refractivity contribution is 7.89. The number of rotatable bonds is 7. The number of hydrogen-bond acceptors (Lipinski definition) is 7. The van der Waals surface area contributed by atoms with Crippen LogP contribution in [0.2, 0.25) is 0 Å². The number of piperazine rings is 1. The maximum Gasteiger partial charge on any atom is 0.277 e. The van der Waals surface area contributed by atoms with E-state index in [2.05, 4.69) is 15.1 Å². The molecular formula is C21H28N6O4S. The molecule has 4 rings (SSSR count). The molecule has 0 aliphatic carbocycles. The molecule has 11 heteroatoms. The first kappa shape index (κ1) is 14.4. The molecular weight excluding hydrogens is 432 g/mol. The molecule has 1 saturated heterocycles. The van der Waals surface area contributed by atoms with Crippen LogP contribution in [0.15, 0.2) is 27.9 Å². The summed E-state index contributed by atoms with van der Waals surface area (Å²) >= 11 is 0. The molecule has 1 aliphatic heterocycles. The van der Waals surface area contributed by atoms with Gasteiger partial charge in [0.05, 0.1) is 22.8 Å². The number of aromatic amines is 1. The summed E-state index contributed by atoms with van der Waals surface area (Å²) in [5.41, 5.74) is 0.0275. The summed E-state index contributed by atoms with van der Waals surface area (Å²) in [6.07, 6.45) is 1.20. The molecule has 10 nitrogen and oxygen atoms in total. The minimum absolute atomic E-state index is 0.0435. The number of benzene rings is 1. The van der Waals surface area contributed by atoms with Gasteiger partial charge in [-0.3, -0.25) is 4.79 Å². The van der Waals surface area contributed by atoms with E-state index in [0.29, 0.717) is 24.4 Å². The molecule has 0 atom stereocenters. The zero-order valence-electron chi connectivity index (χ0n) is 25.7. The van der Waals surface area contributed by atoms with Gasteiger partial charge in [0.1, 0.15) is 11.6 Å². The van der Waals surface area contributed by atoms with Crippen molar-refractivity contribution in [3.8, 4) is 17.1 Å². The van der Waals surface area contributed by atoms with Crippen molar-refractivity contribution in [3.05, 3.63) is 40.1 Å². The fraction of sp³-hybridized carbons (Fsp3) is 0.476. The monoisotopic (exact) mass is 468 g/mol. The maximum absolute atomic E-state index is 13.8. The molecule has 0 bridgehead atoms. The molecule has 3 heterocycles. The summed E-state index contributed by atoms with van der Waals surface area (Å²) in [7, 11) is -5.28. The number of hydrogen-bond donors (Lipinski definition) is 2. The normalized spacial score (nSPS) is 25.3. The molecule has 0 unspecified atom stereocenters. The van der Waals surface area contributed by atoms with E-state index in [9.17, 15) is 13.2 Å². The zero-order chi connectivity index (χ0) is 30.1. The van der Waals surface area contributed by atoms with E-state index >= 15 is 0 Å². The molecule has 1 aliphatic rings. The van der Waals surface area contributed by atoms with E-state index in [-0.39, 0.29) is 29.3 Å². The zero-order valence-corrected chi connectivity index (χ0v) is 18.5. The molecule has 1 fully saturated rings. The predicted octanol–water partition coefficient (Wildman–Crippen LogP) is 1.34. The lowest BCUT2D eigenvalue weighted by Crippen LogP contribution is -2.46. The minimum Gasteiger partial charge on any atom is -0.493 e. The van der Waals surface area contributed by atoms with Gasteiger partial charge in [0, 0.05) is 43.4 Å². The van der Waals surface area contributed by atoms with Crippen LogP contribution in [-0.4, -0.2) is 64.9 Å². The standard InChI is InChI=1S/C21H28N6O4S/c1-4-6-18-23-14(3)19-21(28)24-20(25-27(18)19)16-13-15(7-8-17(16)31-5-2)32(29,30)26-11-9-22-10-12-26/h7-8,13,22H,4-6,9-12H2,1-3H3,(H,24,25,28)/i9D2,10D2,11D2,12D2. The molecule has 2 N–H and O–H groups in total. The Balaban J connectivity index is 1.97. The van der Waals surface area contributed by atoms with Crippen LogP contribution in [0.1, 0.15) is 42.8 Å². The van der Waals surface area contributed by atoms with Crippen molar-refractivity contribution in [1.82, 2.24) is 29.2 Å². The van der Waals surface area contributed by atoms with Crippen LogP contribution < -0.4 is 15.6 Å². The molecule has 0 spiro atoms. The first-order valence-electron chi connectivity index (χ1n) is 13.9. The van der Waals surface area contributed by atoms with Crippen molar-refractivity contribution in [2.75, 3.05) is 32.6 Å². The second-order valence-corrected chi connectivity index (χ2v) is 8.67. The number of nitrogens with one attached hydrogen (secondary N) is 2. The van der Waals surface area contributed by atoms with Gasteiger partial charge in [-0.15, -0.1) is 5.10 Å². The number of H-pyrrole nitrogens is 1. The van der Waals surface area contributed by atoms with E-state index in [1.54, 1.807) is 19.2 Å². The molecule has 1 aromatic carbocycles. The molecule has 3 aromatic rings. The summed E-state index contributed by atoms with van der Waals surface area (Å²) < 4.78 is 98.7. The number of ether oxygens (including phenoxy) is 1. The van der Waals surface area contributed by atoms with Crippen molar-refractivity contribution in [3.63, 3.8) is 0 Å². The number of imidazole rings is 1. The van der Waals surface area contributed by atoms with Crippen molar-refractivity contribution in [2.45, 2.75) is 38.5 Å². The third-order valence-corrected chi connectivity index (χ3v) is 6.21. The Morgan fingerprint density at radius 2 is 2.00 bits per heavy atom. The fourth-order valence-corrected chi connectivity index (χ4v) is 4.37. The van der Waals surface area contributed by atoms with E-state index < -0.39 is 50.8 Å². The summed E-state index contributed by atoms with van der Waals surface area (Å²) in [6, 6.07) is 3.18. The van der Waals surface area contributed by atoms with Crippen molar-refractivity contribution < 1.29 is 24.1 Å². The van der Waals surface area contributed by atoms with Crippen LogP contribution in [0.25, 0.3) is 16.9 Å². The Morgan fingerprint density at radius 1 is 1.25 bits per heavy atom. The van der Waals surface area contributed by atoms with Gasteiger partial charge in [-0.1, -0.05) is 6.92 Å².